The highest BCUT2D eigenvalue weighted by molar-refractivity contribution is 6.74. The second-order valence-electron chi connectivity index (χ2n) is 10.4. The normalized spacial score (nSPS) is 29.2. The van der Waals surface area contributed by atoms with Crippen LogP contribution in [0.4, 0.5) is 0 Å². The lowest BCUT2D eigenvalue weighted by atomic mass is 9.94. The number of benzene rings is 1. The summed E-state index contributed by atoms with van der Waals surface area (Å²) >= 11 is 0. The number of hydrogen-bond donors (Lipinski definition) is 0. The second kappa shape index (κ2) is 8.35. The zero-order valence-electron chi connectivity index (χ0n) is 19.3. The number of hydrogen-bond acceptors (Lipinski definition) is 6. The number of rotatable bonds is 5. The van der Waals surface area contributed by atoms with E-state index in [1.165, 1.54) is 0 Å². The summed E-state index contributed by atoms with van der Waals surface area (Å²) in [5.74, 6) is -1.89. The van der Waals surface area contributed by atoms with E-state index >= 15 is 0 Å². The second-order valence-corrected chi connectivity index (χ2v) is 15.1. The van der Waals surface area contributed by atoms with Crippen molar-refractivity contribution in [3.05, 3.63) is 35.9 Å². The van der Waals surface area contributed by atoms with Gasteiger partial charge in [0.25, 0.3) is 0 Å². The van der Waals surface area contributed by atoms with Crippen molar-refractivity contribution in [3.63, 3.8) is 0 Å². The minimum absolute atomic E-state index is 0.0651. The smallest absolute Gasteiger partial charge is 0.338 e. The third kappa shape index (κ3) is 5.32. The van der Waals surface area contributed by atoms with Gasteiger partial charge in [-0.1, -0.05) is 39.0 Å². The van der Waals surface area contributed by atoms with Crippen LogP contribution in [0.15, 0.2) is 30.3 Å². The van der Waals surface area contributed by atoms with Crippen molar-refractivity contribution in [2.75, 3.05) is 19.8 Å². The Kier molecular flexibility index (Phi) is 6.52. The van der Waals surface area contributed by atoms with Gasteiger partial charge in [-0.25, -0.2) is 4.79 Å². The predicted molar refractivity (Wildman–Crippen MR) is 117 cm³/mol. The first-order valence-electron chi connectivity index (χ1n) is 10.7. The van der Waals surface area contributed by atoms with Crippen molar-refractivity contribution in [2.45, 2.75) is 76.8 Å². The summed E-state index contributed by atoms with van der Waals surface area (Å²) < 4.78 is 30.5. The van der Waals surface area contributed by atoms with Gasteiger partial charge in [-0.05, 0) is 44.1 Å². The molecule has 0 radical (unpaired) electrons. The van der Waals surface area contributed by atoms with Crippen molar-refractivity contribution in [2.24, 2.45) is 5.92 Å². The Morgan fingerprint density at radius 2 is 1.83 bits per heavy atom. The number of carbonyl (C=O) groups excluding carboxylic acids is 1. The largest absolute Gasteiger partial charge is 0.462 e. The summed E-state index contributed by atoms with van der Waals surface area (Å²) in [5, 5.41) is 0.0655. The average molecular weight is 437 g/mol. The molecule has 0 amide bonds. The molecule has 1 aromatic rings. The molecular weight excluding hydrogens is 400 g/mol. The van der Waals surface area contributed by atoms with E-state index in [4.69, 9.17) is 23.4 Å². The molecule has 0 unspecified atom stereocenters. The number of carbonyl (C=O) groups is 1. The van der Waals surface area contributed by atoms with Crippen LogP contribution < -0.4 is 0 Å². The Balaban J connectivity index is 1.73. The third-order valence-electron chi connectivity index (χ3n) is 6.36. The van der Waals surface area contributed by atoms with E-state index in [2.05, 4.69) is 33.9 Å². The highest BCUT2D eigenvalue weighted by Gasteiger charge is 2.53. The molecule has 2 fully saturated rings. The minimum Gasteiger partial charge on any atom is -0.462 e. The van der Waals surface area contributed by atoms with E-state index in [9.17, 15) is 4.79 Å². The first-order valence-corrected chi connectivity index (χ1v) is 13.6. The molecule has 168 valence electrons. The summed E-state index contributed by atoms with van der Waals surface area (Å²) in [4.78, 5) is 12.4. The molecular formula is C23H36O6Si. The molecule has 6 nitrogen and oxygen atoms in total. The fourth-order valence-corrected chi connectivity index (χ4v) is 4.94. The summed E-state index contributed by atoms with van der Waals surface area (Å²) in [6.45, 7) is 15.9. The fraction of sp³-hybridized carbons (Fsp3) is 0.696. The van der Waals surface area contributed by atoms with Crippen LogP contribution in [0.5, 0.6) is 0 Å². The predicted octanol–water partition coefficient (Wildman–Crippen LogP) is 4.75. The fourth-order valence-electron chi connectivity index (χ4n) is 3.55. The molecule has 0 aromatic heterocycles. The first kappa shape index (κ1) is 23.4. The molecule has 2 heterocycles. The van der Waals surface area contributed by atoms with E-state index in [1.807, 2.05) is 32.0 Å². The van der Waals surface area contributed by atoms with Gasteiger partial charge in [-0.2, -0.15) is 0 Å². The topological polar surface area (TPSA) is 63.2 Å². The Morgan fingerprint density at radius 3 is 2.40 bits per heavy atom. The van der Waals surface area contributed by atoms with Crippen molar-refractivity contribution in [1.82, 2.24) is 0 Å². The third-order valence-corrected chi connectivity index (χ3v) is 10.9. The van der Waals surface area contributed by atoms with Crippen molar-refractivity contribution in [3.8, 4) is 0 Å². The molecule has 2 aliphatic rings. The SMILES string of the molecule is CC1(C)OC[C@@]2(C[C@@H](O[Si](C)(C)C(C)(C)C)[C@@H](COC(=O)c3ccccc3)CO2)O1. The maximum absolute atomic E-state index is 12.4. The molecule has 0 bridgehead atoms. The van der Waals surface area contributed by atoms with Gasteiger partial charge in [-0.3, -0.25) is 0 Å². The molecule has 1 spiro atoms. The highest BCUT2D eigenvalue weighted by atomic mass is 28.4. The first-order chi connectivity index (χ1) is 13.8. The Hall–Kier alpha value is -1.25. The maximum Gasteiger partial charge on any atom is 0.338 e. The van der Waals surface area contributed by atoms with E-state index in [1.54, 1.807) is 12.1 Å². The summed E-state index contributed by atoms with van der Waals surface area (Å²) in [6, 6.07) is 9.03. The van der Waals surface area contributed by atoms with Crippen LogP contribution in [0.2, 0.25) is 18.1 Å². The highest BCUT2D eigenvalue weighted by Crippen LogP contribution is 2.44. The lowest BCUT2D eigenvalue weighted by Crippen LogP contribution is -2.55. The van der Waals surface area contributed by atoms with Crippen LogP contribution in [-0.2, 0) is 23.4 Å². The molecule has 2 saturated heterocycles. The van der Waals surface area contributed by atoms with Gasteiger partial charge >= 0.3 is 5.97 Å². The van der Waals surface area contributed by atoms with Crippen LogP contribution in [0, 0.1) is 5.92 Å². The molecule has 1 aromatic carbocycles. The van der Waals surface area contributed by atoms with Gasteiger partial charge < -0.3 is 23.4 Å². The molecule has 3 rings (SSSR count). The van der Waals surface area contributed by atoms with E-state index < -0.39 is 19.9 Å². The minimum atomic E-state index is -2.05. The number of esters is 1. The zero-order chi connectivity index (χ0) is 22.2. The van der Waals surface area contributed by atoms with E-state index in [-0.39, 0.29) is 29.6 Å². The monoisotopic (exact) mass is 436 g/mol. The van der Waals surface area contributed by atoms with Crippen LogP contribution in [0.3, 0.4) is 0 Å². The summed E-state index contributed by atoms with van der Waals surface area (Å²) in [5.41, 5.74) is 0.543. The van der Waals surface area contributed by atoms with Crippen molar-refractivity contribution in [1.29, 1.82) is 0 Å². The quantitative estimate of drug-likeness (QED) is 0.490. The van der Waals surface area contributed by atoms with Gasteiger partial charge in [0.1, 0.15) is 6.61 Å². The van der Waals surface area contributed by atoms with E-state index in [0.29, 0.717) is 25.2 Å². The molecule has 0 aliphatic carbocycles. The van der Waals surface area contributed by atoms with Crippen molar-refractivity contribution < 1.29 is 28.2 Å². The summed E-state index contributed by atoms with van der Waals surface area (Å²) in [7, 11) is -2.05. The molecule has 0 N–H and O–H groups in total. The van der Waals surface area contributed by atoms with Crippen LogP contribution >= 0.6 is 0 Å². The standard InChI is InChI=1S/C23H36O6Si/c1-21(2,3)30(6,7)28-19-13-23(16-27-22(4,5)29-23)26-15-18(19)14-25-20(24)17-11-9-8-10-12-17/h8-12,18-19H,13-16H2,1-7H3/t18-,19+,23+/m0/s1. The Bertz CT molecular complexity index is 742. The van der Waals surface area contributed by atoms with Gasteiger partial charge in [-0.15, -0.1) is 0 Å². The zero-order valence-corrected chi connectivity index (χ0v) is 20.3. The molecule has 2 aliphatic heterocycles. The van der Waals surface area contributed by atoms with Crippen LogP contribution in [-0.4, -0.2) is 51.8 Å². The van der Waals surface area contributed by atoms with E-state index in [0.717, 1.165) is 0 Å². The van der Waals surface area contributed by atoms with Crippen molar-refractivity contribution >= 4 is 14.3 Å². The molecule has 30 heavy (non-hydrogen) atoms. The molecule has 3 atom stereocenters. The van der Waals surface area contributed by atoms with Gasteiger partial charge in [0.2, 0.25) is 0 Å². The summed E-state index contributed by atoms with van der Waals surface area (Å²) in [6.07, 6.45) is 0.414. The molecule has 0 saturated carbocycles. The lowest BCUT2D eigenvalue weighted by molar-refractivity contribution is -0.289. The van der Waals surface area contributed by atoms with Gasteiger partial charge in [0, 0.05) is 12.3 Å². The van der Waals surface area contributed by atoms with Crippen LogP contribution in [0.25, 0.3) is 0 Å². The number of ether oxygens (including phenoxy) is 4. The Morgan fingerprint density at radius 1 is 1.17 bits per heavy atom. The average Bonchev–Trinajstić information content (AvgIpc) is 2.94. The van der Waals surface area contributed by atoms with Crippen LogP contribution in [0.1, 0.15) is 51.4 Å². The maximum atomic E-state index is 12.4. The van der Waals surface area contributed by atoms with Gasteiger partial charge in [0.05, 0.1) is 24.9 Å². The van der Waals surface area contributed by atoms with Gasteiger partial charge in [0.15, 0.2) is 19.9 Å². The molecule has 7 heteroatoms. The Labute approximate surface area is 181 Å². The lowest BCUT2D eigenvalue weighted by Gasteiger charge is -2.46.